The summed E-state index contributed by atoms with van der Waals surface area (Å²) in [6.07, 6.45) is 6.18. The van der Waals surface area contributed by atoms with Gasteiger partial charge in [-0.1, -0.05) is 0 Å². The van der Waals surface area contributed by atoms with Crippen LogP contribution in [0.5, 0.6) is 0 Å². The molecule has 0 atom stereocenters. The predicted octanol–water partition coefficient (Wildman–Crippen LogP) is -1.49. The monoisotopic (exact) mass is 295 g/mol. The number of fused-ring (bicyclic) bond motifs is 2. The van der Waals surface area contributed by atoms with E-state index in [1.54, 1.807) is 0 Å². The Kier molecular flexibility index (Phi) is 4.53. The first-order chi connectivity index (χ1) is 9.22. The maximum absolute atomic E-state index is 11.8. The largest absolute Gasteiger partial charge is 1.00 e. The van der Waals surface area contributed by atoms with Gasteiger partial charge in [0.25, 0.3) is 0 Å². The van der Waals surface area contributed by atoms with Crippen LogP contribution in [0.2, 0.25) is 0 Å². The quantitative estimate of drug-likeness (QED) is 0.691. The van der Waals surface area contributed by atoms with Crippen LogP contribution in [-0.4, -0.2) is 17.1 Å². The van der Waals surface area contributed by atoms with E-state index in [9.17, 15) is 4.79 Å². The molecule has 0 bridgehead atoms. The molecule has 0 aromatic carbocycles. The fourth-order valence-electron chi connectivity index (χ4n) is 3.46. The van der Waals surface area contributed by atoms with Crippen molar-refractivity contribution >= 4 is 5.97 Å². The highest BCUT2D eigenvalue weighted by atomic mass is 35.5. The number of hydrogen-bond donors (Lipinski definition) is 1. The Hall–Kier alpha value is -1.29. The van der Waals surface area contributed by atoms with Crippen molar-refractivity contribution in [3.8, 4) is 0 Å². The summed E-state index contributed by atoms with van der Waals surface area (Å²) in [5.41, 5.74) is 4.76. The number of ether oxygens (including phenoxy) is 1. The van der Waals surface area contributed by atoms with Gasteiger partial charge >= 0.3 is 5.97 Å². The van der Waals surface area contributed by atoms with Gasteiger partial charge in [0.05, 0.1) is 12.0 Å². The van der Waals surface area contributed by atoms with Gasteiger partial charge in [-0.25, -0.2) is 0 Å². The minimum Gasteiger partial charge on any atom is -1.00 e. The van der Waals surface area contributed by atoms with Crippen molar-refractivity contribution in [1.29, 1.82) is 5.41 Å². The lowest BCUT2D eigenvalue weighted by atomic mass is 10.1. The van der Waals surface area contributed by atoms with Crippen molar-refractivity contribution in [3.05, 3.63) is 27.9 Å². The summed E-state index contributed by atoms with van der Waals surface area (Å²) in [7, 11) is 0. The topological polar surface area (TPSA) is 55.1 Å². The average Bonchev–Trinajstić information content (AvgIpc) is 3.03. The number of rotatable bonds is 3. The predicted molar refractivity (Wildman–Crippen MR) is 71.0 cm³/mol. The minimum atomic E-state index is -0.159. The van der Waals surface area contributed by atoms with Crippen molar-refractivity contribution in [2.45, 2.75) is 52.0 Å². The number of nitrogens with one attached hydrogen (secondary N) is 1. The number of carbonyl (C=O) groups excluding carboxylic acids is 1. The number of halogens is 1. The molecule has 0 radical (unpaired) electrons. The molecule has 1 aromatic rings. The van der Waals surface area contributed by atoms with E-state index < -0.39 is 0 Å². The molecular formula is C15H20ClN2O2-. The van der Waals surface area contributed by atoms with Gasteiger partial charge in [-0.2, -0.15) is 0 Å². The van der Waals surface area contributed by atoms with Gasteiger partial charge in [0.15, 0.2) is 0 Å². The third kappa shape index (κ3) is 2.37. The van der Waals surface area contributed by atoms with Crippen LogP contribution in [0.3, 0.4) is 0 Å². The van der Waals surface area contributed by atoms with E-state index in [4.69, 9.17) is 10.1 Å². The average molecular weight is 296 g/mol. The first-order valence-electron chi connectivity index (χ1n) is 7.19. The number of hydrogen-bond acceptors (Lipinski definition) is 3. The van der Waals surface area contributed by atoms with Gasteiger partial charge in [-0.3, -0.25) is 4.79 Å². The van der Waals surface area contributed by atoms with Gasteiger partial charge < -0.3 is 27.1 Å². The second-order valence-electron chi connectivity index (χ2n) is 5.32. The zero-order chi connectivity index (χ0) is 13.4. The Morgan fingerprint density at radius 2 is 1.70 bits per heavy atom. The Labute approximate surface area is 125 Å². The molecule has 0 unspecified atom stereocenters. The van der Waals surface area contributed by atoms with Crippen molar-refractivity contribution in [2.24, 2.45) is 0 Å². The van der Waals surface area contributed by atoms with Gasteiger partial charge in [-0.05, 0) is 56.6 Å². The Morgan fingerprint density at radius 3 is 2.20 bits per heavy atom. The van der Waals surface area contributed by atoms with E-state index >= 15 is 0 Å². The van der Waals surface area contributed by atoms with Gasteiger partial charge in [0.1, 0.15) is 6.54 Å². The summed E-state index contributed by atoms with van der Waals surface area (Å²) in [5.74, 6) is -0.159. The third-order valence-corrected chi connectivity index (χ3v) is 4.23. The number of pyridine rings is 1. The van der Waals surface area contributed by atoms with Crippen LogP contribution in [0.4, 0.5) is 0 Å². The molecule has 0 saturated carbocycles. The molecule has 1 heterocycles. The normalized spacial score (nSPS) is 15.4. The van der Waals surface area contributed by atoms with Crippen LogP contribution in [0.15, 0.2) is 0 Å². The van der Waals surface area contributed by atoms with E-state index in [1.165, 1.54) is 22.5 Å². The van der Waals surface area contributed by atoms with Gasteiger partial charge in [0.2, 0.25) is 0 Å². The SMILES string of the molecule is CCOC(=O)Cn1c2c(c(=N)c3c1CCC3)CCC2.[Cl-]. The molecule has 0 aliphatic heterocycles. The summed E-state index contributed by atoms with van der Waals surface area (Å²) in [5, 5.41) is 9.09. The van der Waals surface area contributed by atoms with Crippen LogP contribution in [0.1, 0.15) is 42.3 Å². The number of nitrogens with zero attached hydrogens (tertiary/aromatic N) is 1. The summed E-state index contributed by atoms with van der Waals surface area (Å²) in [4.78, 5) is 11.8. The molecule has 0 saturated heterocycles. The van der Waals surface area contributed by atoms with E-state index in [0.717, 1.165) is 43.9 Å². The standard InChI is InChI=1S/C15H20N2O2.ClH/c1-2-19-14(18)9-17-12-7-3-5-10(12)15(16)11-6-4-8-13(11)17;/h16H,2-9H2,1H3;1H/p-1. The third-order valence-electron chi connectivity index (χ3n) is 4.23. The number of aromatic nitrogens is 1. The summed E-state index contributed by atoms with van der Waals surface area (Å²) < 4.78 is 7.24. The molecule has 4 nitrogen and oxygen atoms in total. The lowest BCUT2D eigenvalue weighted by Gasteiger charge is -2.18. The highest BCUT2D eigenvalue weighted by Gasteiger charge is 2.26. The van der Waals surface area contributed by atoms with Crippen LogP contribution < -0.4 is 17.8 Å². The molecule has 2 aliphatic rings. The maximum Gasteiger partial charge on any atom is 0.325 e. The fourth-order valence-corrected chi connectivity index (χ4v) is 3.46. The lowest BCUT2D eigenvalue weighted by molar-refractivity contribution is -0.143. The highest BCUT2D eigenvalue weighted by Crippen LogP contribution is 2.27. The van der Waals surface area contributed by atoms with Gasteiger partial charge in [-0.15, -0.1) is 0 Å². The van der Waals surface area contributed by atoms with E-state index in [-0.39, 0.29) is 18.4 Å². The molecule has 2 aliphatic carbocycles. The Morgan fingerprint density at radius 1 is 1.15 bits per heavy atom. The van der Waals surface area contributed by atoms with Crippen LogP contribution in [0, 0.1) is 5.41 Å². The van der Waals surface area contributed by atoms with Crippen molar-refractivity contribution in [3.63, 3.8) is 0 Å². The molecular weight excluding hydrogens is 276 g/mol. The lowest BCUT2D eigenvalue weighted by Crippen LogP contribution is -3.00. The molecule has 0 spiro atoms. The molecule has 110 valence electrons. The molecule has 5 heteroatoms. The summed E-state index contributed by atoms with van der Waals surface area (Å²) in [6.45, 7) is 2.59. The molecule has 3 rings (SSSR count). The first-order valence-corrected chi connectivity index (χ1v) is 7.19. The van der Waals surface area contributed by atoms with Crippen LogP contribution in [-0.2, 0) is 41.8 Å². The second-order valence-corrected chi connectivity index (χ2v) is 5.32. The minimum absolute atomic E-state index is 0. The van der Waals surface area contributed by atoms with Crippen LogP contribution >= 0.6 is 0 Å². The smallest absolute Gasteiger partial charge is 0.325 e. The van der Waals surface area contributed by atoms with E-state index in [0.29, 0.717) is 13.2 Å². The first kappa shape index (κ1) is 15.1. The van der Waals surface area contributed by atoms with Crippen molar-refractivity contribution in [1.82, 2.24) is 4.57 Å². The van der Waals surface area contributed by atoms with Crippen molar-refractivity contribution < 1.29 is 21.9 Å². The summed E-state index contributed by atoms with van der Waals surface area (Å²) >= 11 is 0. The zero-order valence-corrected chi connectivity index (χ0v) is 12.6. The Balaban J connectivity index is 0.00000147. The van der Waals surface area contributed by atoms with E-state index in [2.05, 4.69) is 4.57 Å². The molecule has 20 heavy (non-hydrogen) atoms. The fraction of sp³-hybridized carbons (Fsp3) is 0.600. The maximum atomic E-state index is 11.8. The van der Waals surface area contributed by atoms with Crippen LogP contribution in [0.25, 0.3) is 0 Å². The van der Waals surface area contributed by atoms with Crippen molar-refractivity contribution in [2.75, 3.05) is 6.61 Å². The van der Waals surface area contributed by atoms with Gasteiger partial charge in [0, 0.05) is 11.4 Å². The number of carbonyl (C=O) groups is 1. The summed E-state index contributed by atoms with van der Waals surface area (Å²) in [6, 6.07) is 0. The Bertz CT molecular complexity index is 554. The highest BCUT2D eigenvalue weighted by molar-refractivity contribution is 5.69. The molecule has 1 aromatic heterocycles. The molecule has 0 amide bonds. The van der Waals surface area contributed by atoms with E-state index in [1.807, 2.05) is 6.92 Å². The zero-order valence-electron chi connectivity index (χ0n) is 11.8. The molecule has 1 N–H and O–H groups in total. The second kappa shape index (κ2) is 6.00. The number of esters is 1. The molecule has 0 fully saturated rings.